The highest BCUT2D eigenvalue weighted by Gasteiger charge is 2.22. The van der Waals surface area contributed by atoms with Gasteiger partial charge in [-0.15, -0.1) is 4.91 Å². The van der Waals surface area contributed by atoms with Crippen LogP contribution >= 0.6 is 0 Å². The molecule has 164 valence electrons. The molecular weight excluding hydrogens is 430 g/mol. The SMILES string of the molecule is COc1ccc(S(=O)(=O)n2ccc3c(Nc4cc(OC)ccc4C)ccc(N=O)c32)cc1. The molecule has 0 radical (unpaired) electrons. The molecule has 1 aromatic heterocycles. The zero-order valence-electron chi connectivity index (χ0n) is 17.7. The van der Waals surface area contributed by atoms with Gasteiger partial charge in [-0.05, 0) is 66.2 Å². The van der Waals surface area contributed by atoms with Crippen molar-refractivity contribution in [3.63, 3.8) is 0 Å². The molecule has 4 rings (SSSR count). The molecule has 0 bridgehead atoms. The van der Waals surface area contributed by atoms with Crippen molar-refractivity contribution in [2.75, 3.05) is 19.5 Å². The standard InChI is InChI=1S/C23H21N3O5S/c1-15-4-5-17(31-3)14-22(15)24-20-10-11-21(25-27)23-19(20)12-13-26(23)32(28,29)18-8-6-16(30-2)7-9-18/h4-14,24H,1-3H3. The number of aryl methyl sites for hydroxylation is 1. The molecule has 4 aromatic rings. The van der Waals surface area contributed by atoms with Gasteiger partial charge in [-0.3, -0.25) is 0 Å². The van der Waals surface area contributed by atoms with Crippen molar-refractivity contribution < 1.29 is 17.9 Å². The molecule has 0 fully saturated rings. The lowest BCUT2D eigenvalue weighted by molar-refractivity contribution is 0.414. The quantitative estimate of drug-likeness (QED) is 0.381. The first kappa shape index (κ1) is 21.4. The van der Waals surface area contributed by atoms with Crippen LogP contribution in [0, 0.1) is 11.8 Å². The van der Waals surface area contributed by atoms with E-state index in [1.165, 1.54) is 31.5 Å². The van der Waals surface area contributed by atoms with E-state index >= 15 is 0 Å². The van der Waals surface area contributed by atoms with Gasteiger partial charge in [0, 0.05) is 29.0 Å². The number of aromatic nitrogens is 1. The number of anilines is 2. The number of hydrogen-bond donors (Lipinski definition) is 1. The number of fused-ring (bicyclic) bond motifs is 1. The monoisotopic (exact) mass is 451 g/mol. The zero-order valence-corrected chi connectivity index (χ0v) is 18.5. The second-order valence-electron chi connectivity index (χ2n) is 7.08. The van der Waals surface area contributed by atoms with E-state index < -0.39 is 10.0 Å². The van der Waals surface area contributed by atoms with Crippen LogP contribution in [0.25, 0.3) is 10.9 Å². The summed E-state index contributed by atoms with van der Waals surface area (Å²) in [7, 11) is -0.886. The summed E-state index contributed by atoms with van der Waals surface area (Å²) in [5.74, 6) is 1.22. The van der Waals surface area contributed by atoms with E-state index in [2.05, 4.69) is 10.5 Å². The first-order valence-electron chi connectivity index (χ1n) is 9.67. The normalized spacial score (nSPS) is 11.3. The fourth-order valence-corrected chi connectivity index (χ4v) is 4.83. The fourth-order valence-electron chi connectivity index (χ4n) is 3.47. The summed E-state index contributed by atoms with van der Waals surface area (Å²) in [5, 5.41) is 6.91. The number of rotatable bonds is 7. The summed E-state index contributed by atoms with van der Waals surface area (Å²) in [4.78, 5) is 11.6. The van der Waals surface area contributed by atoms with Gasteiger partial charge in [0.1, 0.15) is 17.2 Å². The Kier molecular flexibility index (Phi) is 5.58. The third-order valence-electron chi connectivity index (χ3n) is 5.22. The molecule has 1 N–H and O–H groups in total. The summed E-state index contributed by atoms with van der Waals surface area (Å²) in [5.41, 5.74) is 2.62. The van der Waals surface area contributed by atoms with Crippen LogP contribution in [0.2, 0.25) is 0 Å². The highest BCUT2D eigenvalue weighted by molar-refractivity contribution is 7.90. The Labute approximate surface area is 185 Å². The second kappa shape index (κ2) is 8.35. The maximum Gasteiger partial charge on any atom is 0.268 e. The highest BCUT2D eigenvalue weighted by Crippen LogP contribution is 2.37. The van der Waals surface area contributed by atoms with Crippen LogP contribution in [0.1, 0.15) is 5.56 Å². The molecule has 0 aliphatic rings. The Morgan fingerprint density at radius 1 is 0.875 bits per heavy atom. The summed E-state index contributed by atoms with van der Waals surface area (Å²) in [6.45, 7) is 1.94. The molecule has 32 heavy (non-hydrogen) atoms. The smallest absolute Gasteiger partial charge is 0.268 e. The topological polar surface area (TPSA) is 99.0 Å². The summed E-state index contributed by atoms with van der Waals surface area (Å²) >= 11 is 0. The Morgan fingerprint density at radius 3 is 2.22 bits per heavy atom. The summed E-state index contributed by atoms with van der Waals surface area (Å²) in [6, 6.07) is 16.5. The molecule has 0 saturated heterocycles. The Bertz CT molecular complexity index is 1410. The van der Waals surface area contributed by atoms with Crippen LogP contribution in [0.15, 0.2) is 76.9 Å². The number of hydrogen-bond acceptors (Lipinski definition) is 7. The minimum absolute atomic E-state index is 0.0231. The number of methoxy groups -OCH3 is 2. The predicted molar refractivity (Wildman–Crippen MR) is 124 cm³/mol. The molecule has 8 nitrogen and oxygen atoms in total. The third-order valence-corrected chi connectivity index (χ3v) is 6.91. The molecule has 0 aliphatic heterocycles. The third kappa shape index (κ3) is 3.67. The molecule has 0 aliphatic carbocycles. The van der Waals surface area contributed by atoms with Crippen LogP contribution in [0.5, 0.6) is 11.5 Å². The number of benzene rings is 3. The largest absolute Gasteiger partial charge is 0.497 e. The van der Waals surface area contributed by atoms with Gasteiger partial charge < -0.3 is 14.8 Å². The molecule has 0 amide bonds. The number of nitroso groups, excluding NO2 is 1. The maximum absolute atomic E-state index is 13.3. The van der Waals surface area contributed by atoms with Crippen LogP contribution < -0.4 is 14.8 Å². The van der Waals surface area contributed by atoms with Gasteiger partial charge in [-0.2, -0.15) is 0 Å². The molecule has 9 heteroatoms. The summed E-state index contributed by atoms with van der Waals surface area (Å²) in [6.07, 6.45) is 1.42. The van der Waals surface area contributed by atoms with Gasteiger partial charge in [0.25, 0.3) is 10.0 Å². The van der Waals surface area contributed by atoms with E-state index in [0.717, 1.165) is 15.2 Å². The average molecular weight is 452 g/mol. The van der Waals surface area contributed by atoms with E-state index in [0.29, 0.717) is 22.6 Å². The van der Waals surface area contributed by atoms with Crippen LogP contribution in [-0.4, -0.2) is 26.6 Å². The molecule has 0 unspecified atom stereocenters. The van der Waals surface area contributed by atoms with E-state index in [9.17, 15) is 13.3 Å². The van der Waals surface area contributed by atoms with Crippen molar-refractivity contribution in [2.24, 2.45) is 5.18 Å². The van der Waals surface area contributed by atoms with Crippen molar-refractivity contribution in [3.05, 3.63) is 77.3 Å². The van der Waals surface area contributed by atoms with Crippen molar-refractivity contribution in [1.82, 2.24) is 3.97 Å². The van der Waals surface area contributed by atoms with Crippen molar-refractivity contribution in [3.8, 4) is 11.5 Å². The van der Waals surface area contributed by atoms with Crippen molar-refractivity contribution >= 4 is 38.0 Å². The van der Waals surface area contributed by atoms with Gasteiger partial charge in [0.15, 0.2) is 0 Å². The maximum atomic E-state index is 13.3. The molecule has 0 saturated carbocycles. The molecule has 0 spiro atoms. The van der Waals surface area contributed by atoms with Crippen LogP contribution in [0.4, 0.5) is 17.1 Å². The Balaban J connectivity index is 1.85. The van der Waals surface area contributed by atoms with Crippen molar-refractivity contribution in [1.29, 1.82) is 0 Å². The lowest BCUT2D eigenvalue weighted by Crippen LogP contribution is -2.12. The van der Waals surface area contributed by atoms with Gasteiger partial charge in [-0.25, -0.2) is 12.4 Å². The van der Waals surface area contributed by atoms with Gasteiger partial charge in [-0.1, -0.05) is 6.07 Å². The van der Waals surface area contributed by atoms with Gasteiger partial charge >= 0.3 is 0 Å². The Morgan fingerprint density at radius 2 is 1.56 bits per heavy atom. The van der Waals surface area contributed by atoms with E-state index in [4.69, 9.17) is 9.47 Å². The Hall–Kier alpha value is -3.85. The van der Waals surface area contributed by atoms with E-state index in [-0.39, 0.29) is 16.1 Å². The van der Waals surface area contributed by atoms with Gasteiger partial charge in [0.05, 0.1) is 24.6 Å². The zero-order chi connectivity index (χ0) is 22.9. The van der Waals surface area contributed by atoms with Crippen LogP contribution in [0.3, 0.4) is 0 Å². The molecule has 3 aromatic carbocycles. The van der Waals surface area contributed by atoms with Crippen LogP contribution in [-0.2, 0) is 10.0 Å². The molecule has 0 atom stereocenters. The number of nitrogens with zero attached hydrogens (tertiary/aromatic N) is 2. The number of nitrogens with one attached hydrogen (secondary N) is 1. The summed E-state index contributed by atoms with van der Waals surface area (Å²) < 4.78 is 38.1. The van der Waals surface area contributed by atoms with E-state index in [1.54, 1.807) is 31.4 Å². The lowest BCUT2D eigenvalue weighted by Gasteiger charge is -2.14. The van der Waals surface area contributed by atoms with Gasteiger partial charge in [0.2, 0.25) is 0 Å². The van der Waals surface area contributed by atoms with E-state index in [1.807, 2.05) is 25.1 Å². The first-order chi connectivity index (χ1) is 15.4. The number of ether oxygens (including phenoxy) is 2. The highest BCUT2D eigenvalue weighted by atomic mass is 32.2. The minimum atomic E-state index is -3.97. The van der Waals surface area contributed by atoms with Crippen molar-refractivity contribution in [2.45, 2.75) is 11.8 Å². The molecular formula is C23H21N3O5S. The fraction of sp³-hybridized carbons (Fsp3) is 0.130. The predicted octanol–water partition coefficient (Wildman–Crippen LogP) is 5.35. The minimum Gasteiger partial charge on any atom is -0.497 e. The second-order valence-corrected chi connectivity index (χ2v) is 8.90. The average Bonchev–Trinajstić information content (AvgIpc) is 3.27. The lowest BCUT2D eigenvalue weighted by atomic mass is 10.1. The first-order valence-corrected chi connectivity index (χ1v) is 11.1. The molecule has 1 heterocycles.